The second-order valence-corrected chi connectivity index (χ2v) is 5.43. The molecule has 1 amide bonds. The van der Waals surface area contributed by atoms with E-state index < -0.39 is 0 Å². The fourth-order valence-electron chi connectivity index (χ4n) is 2.73. The molecule has 2 unspecified atom stereocenters. The van der Waals surface area contributed by atoms with Crippen molar-refractivity contribution in [3.63, 3.8) is 0 Å². The number of benzene rings is 1. The lowest BCUT2D eigenvalue weighted by Gasteiger charge is -2.25. The summed E-state index contributed by atoms with van der Waals surface area (Å²) >= 11 is 0. The minimum Gasteiger partial charge on any atom is -0.340 e. The standard InChI is InChI=1S/C16H23NO/c1-13(15-7-4-3-5-8-15)10-11-14(2)17-12-6-9-16(17)18/h3-5,7-8,13-14H,6,9-12H2,1-2H3. The molecule has 2 heteroatoms. The van der Waals surface area contributed by atoms with Gasteiger partial charge in [-0.1, -0.05) is 37.3 Å². The molecule has 0 bridgehead atoms. The Morgan fingerprint density at radius 1 is 1.17 bits per heavy atom. The number of hydrogen-bond donors (Lipinski definition) is 0. The summed E-state index contributed by atoms with van der Waals surface area (Å²) < 4.78 is 0. The van der Waals surface area contributed by atoms with Crippen molar-refractivity contribution < 1.29 is 4.79 Å². The van der Waals surface area contributed by atoms with Gasteiger partial charge in [-0.3, -0.25) is 4.79 Å². The molecule has 1 aromatic carbocycles. The summed E-state index contributed by atoms with van der Waals surface area (Å²) in [7, 11) is 0. The maximum absolute atomic E-state index is 11.7. The molecule has 0 radical (unpaired) electrons. The van der Waals surface area contributed by atoms with E-state index in [4.69, 9.17) is 0 Å². The van der Waals surface area contributed by atoms with Gasteiger partial charge in [-0.05, 0) is 37.7 Å². The third-order valence-corrected chi connectivity index (χ3v) is 4.03. The third-order valence-electron chi connectivity index (χ3n) is 4.03. The van der Waals surface area contributed by atoms with Gasteiger partial charge in [0.15, 0.2) is 0 Å². The molecule has 2 atom stereocenters. The smallest absolute Gasteiger partial charge is 0.222 e. The molecule has 1 heterocycles. The van der Waals surface area contributed by atoms with Crippen LogP contribution in [0.2, 0.25) is 0 Å². The number of rotatable bonds is 5. The molecule has 1 aliphatic heterocycles. The van der Waals surface area contributed by atoms with Gasteiger partial charge in [0.05, 0.1) is 0 Å². The lowest BCUT2D eigenvalue weighted by molar-refractivity contribution is -0.129. The SMILES string of the molecule is CC(CCC(C)N1CCCC1=O)c1ccccc1. The Labute approximate surface area is 110 Å². The van der Waals surface area contributed by atoms with Crippen molar-refractivity contribution in [2.24, 2.45) is 0 Å². The number of nitrogens with zero attached hydrogens (tertiary/aromatic N) is 1. The van der Waals surface area contributed by atoms with Crippen molar-refractivity contribution in [2.75, 3.05) is 6.54 Å². The highest BCUT2D eigenvalue weighted by Crippen LogP contribution is 2.24. The van der Waals surface area contributed by atoms with E-state index in [1.807, 2.05) is 0 Å². The van der Waals surface area contributed by atoms with E-state index in [1.165, 1.54) is 5.56 Å². The first-order chi connectivity index (χ1) is 8.68. The second-order valence-electron chi connectivity index (χ2n) is 5.43. The number of carbonyl (C=O) groups excluding carboxylic acids is 1. The zero-order chi connectivity index (χ0) is 13.0. The lowest BCUT2D eigenvalue weighted by atomic mass is 9.94. The fourth-order valence-corrected chi connectivity index (χ4v) is 2.73. The second kappa shape index (κ2) is 6.03. The molecule has 1 saturated heterocycles. The van der Waals surface area contributed by atoms with Gasteiger partial charge < -0.3 is 4.90 Å². The van der Waals surface area contributed by atoms with Crippen LogP contribution in [-0.4, -0.2) is 23.4 Å². The first-order valence-corrected chi connectivity index (χ1v) is 7.03. The number of amides is 1. The highest BCUT2D eigenvalue weighted by molar-refractivity contribution is 5.78. The van der Waals surface area contributed by atoms with Crippen molar-refractivity contribution in [2.45, 2.75) is 51.5 Å². The van der Waals surface area contributed by atoms with E-state index >= 15 is 0 Å². The molecule has 18 heavy (non-hydrogen) atoms. The predicted octanol–water partition coefficient (Wildman–Crippen LogP) is 3.58. The molecule has 2 rings (SSSR count). The summed E-state index contributed by atoms with van der Waals surface area (Å²) in [5.41, 5.74) is 1.40. The van der Waals surface area contributed by atoms with Crippen molar-refractivity contribution in [3.8, 4) is 0 Å². The largest absolute Gasteiger partial charge is 0.340 e. The topological polar surface area (TPSA) is 20.3 Å². The van der Waals surface area contributed by atoms with Gasteiger partial charge in [-0.2, -0.15) is 0 Å². The van der Waals surface area contributed by atoms with Crippen LogP contribution in [0.5, 0.6) is 0 Å². The van der Waals surface area contributed by atoms with Crippen molar-refractivity contribution >= 4 is 5.91 Å². The first-order valence-electron chi connectivity index (χ1n) is 7.03. The van der Waals surface area contributed by atoms with Gasteiger partial charge in [0.2, 0.25) is 5.91 Å². The molecule has 2 nitrogen and oxygen atoms in total. The molecular formula is C16H23NO. The Bertz CT molecular complexity index is 387. The quantitative estimate of drug-likeness (QED) is 0.776. The highest BCUT2D eigenvalue weighted by atomic mass is 16.2. The summed E-state index contributed by atoms with van der Waals surface area (Å²) in [6.07, 6.45) is 4.03. The first kappa shape index (κ1) is 13.1. The molecule has 0 aliphatic carbocycles. The fraction of sp³-hybridized carbons (Fsp3) is 0.562. The zero-order valence-corrected chi connectivity index (χ0v) is 11.4. The van der Waals surface area contributed by atoms with Gasteiger partial charge in [-0.25, -0.2) is 0 Å². The summed E-state index contributed by atoms with van der Waals surface area (Å²) in [6.45, 7) is 5.41. The predicted molar refractivity (Wildman–Crippen MR) is 74.5 cm³/mol. The monoisotopic (exact) mass is 245 g/mol. The van der Waals surface area contributed by atoms with Crippen LogP contribution in [0.4, 0.5) is 0 Å². The van der Waals surface area contributed by atoms with Crippen LogP contribution in [0, 0.1) is 0 Å². The molecular weight excluding hydrogens is 222 g/mol. The summed E-state index contributed by atoms with van der Waals surface area (Å²) in [4.78, 5) is 13.7. The maximum Gasteiger partial charge on any atom is 0.222 e. The normalized spacial score (nSPS) is 19.0. The van der Waals surface area contributed by atoms with Gasteiger partial charge in [0.1, 0.15) is 0 Å². The number of likely N-dealkylation sites (tertiary alicyclic amines) is 1. The number of carbonyl (C=O) groups is 1. The van der Waals surface area contributed by atoms with Crippen LogP contribution in [0.3, 0.4) is 0 Å². The van der Waals surface area contributed by atoms with Gasteiger partial charge >= 0.3 is 0 Å². The number of hydrogen-bond acceptors (Lipinski definition) is 1. The average molecular weight is 245 g/mol. The van der Waals surface area contributed by atoms with Crippen LogP contribution >= 0.6 is 0 Å². The maximum atomic E-state index is 11.7. The van der Waals surface area contributed by atoms with Crippen molar-refractivity contribution in [1.29, 1.82) is 0 Å². The van der Waals surface area contributed by atoms with E-state index in [0.717, 1.165) is 32.2 Å². The van der Waals surface area contributed by atoms with Gasteiger partial charge in [0.25, 0.3) is 0 Å². The van der Waals surface area contributed by atoms with Crippen molar-refractivity contribution in [3.05, 3.63) is 35.9 Å². The molecule has 0 N–H and O–H groups in total. The molecule has 1 aromatic rings. The highest BCUT2D eigenvalue weighted by Gasteiger charge is 2.24. The van der Waals surface area contributed by atoms with Crippen molar-refractivity contribution in [1.82, 2.24) is 4.90 Å². The van der Waals surface area contributed by atoms with Crippen LogP contribution in [-0.2, 0) is 4.79 Å². The molecule has 0 saturated carbocycles. The minimum absolute atomic E-state index is 0.342. The molecule has 1 aliphatic rings. The lowest BCUT2D eigenvalue weighted by Crippen LogP contribution is -2.34. The van der Waals surface area contributed by atoms with Gasteiger partial charge in [-0.15, -0.1) is 0 Å². The third kappa shape index (κ3) is 3.12. The Balaban J connectivity index is 1.82. The molecule has 0 aromatic heterocycles. The van der Waals surface area contributed by atoms with E-state index in [9.17, 15) is 4.79 Å². The van der Waals surface area contributed by atoms with E-state index in [-0.39, 0.29) is 0 Å². The van der Waals surface area contributed by atoms with Crippen LogP contribution in [0.1, 0.15) is 51.0 Å². The van der Waals surface area contributed by atoms with Crippen LogP contribution < -0.4 is 0 Å². The van der Waals surface area contributed by atoms with E-state index in [0.29, 0.717) is 17.9 Å². The van der Waals surface area contributed by atoms with Crippen LogP contribution in [0.15, 0.2) is 30.3 Å². The van der Waals surface area contributed by atoms with E-state index in [2.05, 4.69) is 49.1 Å². The summed E-state index contributed by atoms with van der Waals surface area (Å²) in [6, 6.07) is 11.0. The molecule has 0 spiro atoms. The Hall–Kier alpha value is -1.31. The Morgan fingerprint density at radius 3 is 2.50 bits per heavy atom. The average Bonchev–Trinajstić information content (AvgIpc) is 2.83. The summed E-state index contributed by atoms with van der Waals surface area (Å²) in [5, 5.41) is 0. The Morgan fingerprint density at radius 2 is 1.89 bits per heavy atom. The molecule has 1 fully saturated rings. The Kier molecular flexibility index (Phi) is 4.40. The van der Waals surface area contributed by atoms with Crippen LogP contribution in [0.25, 0.3) is 0 Å². The van der Waals surface area contributed by atoms with Gasteiger partial charge in [0, 0.05) is 19.0 Å². The minimum atomic E-state index is 0.342. The zero-order valence-electron chi connectivity index (χ0n) is 11.4. The molecule has 98 valence electrons. The summed E-state index contributed by atoms with van der Waals surface area (Å²) in [5.74, 6) is 0.918. The van der Waals surface area contributed by atoms with E-state index in [1.54, 1.807) is 0 Å².